The van der Waals surface area contributed by atoms with Crippen molar-refractivity contribution in [1.82, 2.24) is 5.32 Å². The molecule has 1 aliphatic heterocycles. The topological polar surface area (TPSA) is 46.2 Å². The third kappa shape index (κ3) is 1.18. The second-order valence-electron chi connectivity index (χ2n) is 4.55. The lowest BCUT2D eigenvalue weighted by Crippen LogP contribution is -2.56. The van der Waals surface area contributed by atoms with Crippen molar-refractivity contribution in [3.8, 4) is 0 Å². The normalized spacial score (nSPS) is 38.5. The molecule has 1 spiro atoms. The minimum atomic E-state index is -0.656. The van der Waals surface area contributed by atoms with Crippen LogP contribution in [-0.4, -0.2) is 18.2 Å². The molecule has 1 heterocycles. The third-order valence-electron chi connectivity index (χ3n) is 3.84. The molecular weight excluding hydrogens is 178 g/mol. The Morgan fingerprint density at radius 1 is 1.36 bits per heavy atom. The molecule has 0 aromatic rings. The number of nitrogens with one attached hydrogen (secondary N) is 1. The number of carbonyl (C=O) groups is 2. The van der Waals surface area contributed by atoms with Crippen LogP contribution in [-0.2, 0) is 9.59 Å². The van der Waals surface area contributed by atoms with Crippen molar-refractivity contribution < 1.29 is 9.59 Å². The van der Waals surface area contributed by atoms with E-state index < -0.39 is 5.41 Å². The predicted octanol–water partition coefficient (Wildman–Crippen LogP) is 1.27. The first-order chi connectivity index (χ1) is 6.68. The van der Waals surface area contributed by atoms with Crippen molar-refractivity contribution in [2.75, 3.05) is 6.54 Å². The van der Waals surface area contributed by atoms with Crippen molar-refractivity contribution in [3.63, 3.8) is 0 Å². The maximum atomic E-state index is 11.9. The van der Waals surface area contributed by atoms with Crippen LogP contribution >= 0.6 is 0 Å². The van der Waals surface area contributed by atoms with Gasteiger partial charge in [-0.25, -0.2) is 0 Å². The zero-order valence-electron chi connectivity index (χ0n) is 8.64. The molecule has 1 amide bonds. The van der Waals surface area contributed by atoms with E-state index in [1.807, 2.05) is 6.92 Å². The minimum Gasteiger partial charge on any atom is -0.355 e. The van der Waals surface area contributed by atoms with Gasteiger partial charge in [0.15, 0.2) is 0 Å². The summed E-state index contributed by atoms with van der Waals surface area (Å²) in [5.41, 5.74) is -0.656. The summed E-state index contributed by atoms with van der Waals surface area (Å²) >= 11 is 0. The summed E-state index contributed by atoms with van der Waals surface area (Å²) in [5, 5.41) is 2.84. The van der Waals surface area contributed by atoms with E-state index in [-0.39, 0.29) is 17.6 Å². The molecule has 1 saturated heterocycles. The highest BCUT2D eigenvalue weighted by Crippen LogP contribution is 2.43. The highest BCUT2D eigenvalue weighted by molar-refractivity contribution is 6.08. The molecule has 0 radical (unpaired) electrons. The predicted molar refractivity (Wildman–Crippen MR) is 52.7 cm³/mol. The van der Waals surface area contributed by atoms with Gasteiger partial charge in [-0.15, -0.1) is 0 Å². The van der Waals surface area contributed by atoms with Crippen LogP contribution in [0, 0.1) is 11.3 Å². The van der Waals surface area contributed by atoms with Gasteiger partial charge in [0, 0.05) is 13.0 Å². The van der Waals surface area contributed by atoms with Crippen LogP contribution < -0.4 is 5.32 Å². The highest BCUT2D eigenvalue weighted by Gasteiger charge is 2.51. The van der Waals surface area contributed by atoms with Gasteiger partial charge in [0.05, 0.1) is 0 Å². The average Bonchev–Trinajstić information content (AvgIpc) is 2.17. The van der Waals surface area contributed by atoms with Gasteiger partial charge in [0.1, 0.15) is 11.2 Å². The van der Waals surface area contributed by atoms with Crippen molar-refractivity contribution in [3.05, 3.63) is 0 Å². The third-order valence-corrected chi connectivity index (χ3v) is 3.84. The number of rotatable bonds is 0. The SMILES string of the molecule is CC1CCCCC12C(=O)CCNC2=O. The maximum Gasteiger partial charge on any atom is 0.233 e. The van der Waals surface area contributed by atoms with E-state index in [0.717, 1.165) is 25.7 Å². The molecule has 0 bridgehead atoms. The van der Waals surface area contributed by atoms with Crippen LogP contribution in [0.25, 0.3) is 0 Å². The van der Waals surface area contributed by atoms with E-state index >= 15 is 0 Å². The molecule has 2 atom stereocenters. The van der Waals surface area contributed by atoms with Gasteiger partial charge in [-0.1, -0.05) is 19.8 Å². The smallest absolute Gasteiger partial charge is 0.233 e. The zero-order chi connectivity index (χ0) is 10.2. The summed E-state index contributed by atoms with van der Waals surface area (Å²) in [4.78, 5) is 23.8. The molecule has 2 rings (SSSR count). The van der Waals surface area contributed by atoms with Gasteiger partial charge in [-0.2, -0.15) is 0 Å². The zero-order valence-corrected chi connectivity index (χ0v) is 8.64. The molecule has 2 fully saturated rings. The molecule has 2 unspecified atom stereocenters. The first kappa shape index (κ1) is 9.69. The number of Topliss-reactive ketones (excluding diaryl/α,β-unsaturated/α-hetero) is 1. The lowest BCUT2D eigenvalue weighted by molar-refractivity contribution is -0.151. The summed E-state index contributed by atoms with van der Waals surface area (Å²) in [6.07, 6.45) is 4.47. The van der Waals surface area contributed by atoms with E-state index in [2.05, 4.69) is 5.32 Å². The van der Waals surface area contributed by atoms with Gasteiger partial charge >= 0.3 is 0 Å². The van der Waals surface area contributed by atoms with Gasteiger partial charge in [-0.3, -0.25) is 9.59 Å². The lowest BCUT2D eigenvalue weighted by atomic mass is 9.62. The molecule has 1 aliphatic carbocycles. The van der Waals surface area contributed by atoms with E-state index in [0.29, 0.717) is 13.0 Å². The second kappa shape index (κ2) is 3.37. The minimum absolute atomic E-state index is 0.0130. The Bertz CT molecular complexity index is 256. The largest absolute Gasteiger partial charge is 0.355 e. The standard InChI is InChI=1S/C11H17NO2/c1-8-4-2-3-6-11(8)9(13)5-7-12-10(11)14/h8H,2-7H2,1H3,(H,12,14). The summed E-state index contributed by atoms with van der Waals surface area (Å²) in [6.45, 7) is 2.58. The van der Waals surface area contributed by atoms with Crippen LogP contribution in [0.15, 0.2) is 0 Å². The second-order valence-corrected chi connectivity index (χ2v) is 4.55. The fourth-order valence-electron chi connectivity index (χ4n) is 2.90. The van der Waals surface area contributed by atoms with E-state index in [1.165, 1.54) is 0 Å². The van der Waals surface area contributed by atoms with Crippen molar-refractivity contribution in [2.45, 2.75) is 39.0 Å². The quantitative estimate of drug-likeness (QED) is 0.592. The molecule has 14 heavy (non-hydrogen) atoms. The van der Waals surface area contributed by atoms with Gasteiger partial charge < -0.3 is 5.32 Å². The molecule has 0 aromatic heterocycles. The summed E-state index contributed by atoms with van der Waals surface area (Å²) in [7, 11) is 0. The first-order valence-electron chi connectivity index (χ1n) is 5.49. The molecule has 0 aromatic carbocycles. The van der Waals surface area contributed by atoms with Gasteiger partial charge in [0.25, 0.3) is 0 Å². The molecule has 78 valence electrons. The Morgan fingerprint density at radius 3 is 2.79 bits per heavy atom. The lowest BCUT2D eigenvalue weighted by Gasteiger charge is -2.42. The van der Waals surface area contributed by atoms with Gasteiger partial charge in [-0.05, 0) is 18.8 Å². The van der Waals surface area contributed by atoms with E-state index in [9.17, 15) is 9.59 Å². The summed E-state index contributed by atoms with van der Waals surface area (Å²) < 4.78 is 0. The van der Waals surface area contributed by atoms with Crippen LogP contribution in [0.2, 0.25) is 0 Å². The molecule has 3 nitrogen and oxygen atoms in total. The molecule has 1 N–H and O–H groups in total. The van der Waals surface area contributed by atoms with Gasteiger partial charge in [0.2, 0.25) is 5.91 Å². The monoisotopic (exact) mass is 195 g/mol. The molecule has 2 aliphatic rings. The Morgan fingerprint density at radius 2 is 2.14 bits per heavy atom. The highest BCUT2D eigenvalue weighted by atomic mass is 16.2. The summed E-state index contributed by atoms with van der Waals surface area (Å²) in [5.74, 6) is 0.387. The Balaban J connectivity index is 2.32. The van der Waals surface area contributed by atoms with Crippen molar-refractivity contribution >= 4 is 11.7 Å². The Kier molecular flexibility index (Phi) is 2.33. The van der Waals surface area contributed by atoms with Crippen LogP contribution in [0.4, 0.5) is 0 Å². The molecule has 1 saturated carbocycles. The fraction of sp³-hybridized carbons (Fsp3) is 0.818. The van der Waals surface area contributed by atoms with Crippen LogP contribution in [0.3, 0.4) is 0 Å². The fourth-order valence-corrected chi connectivity index (χ4v) is 2.90. The molecule has 3 heteroatoms. The number of amides is 1. The number of hydrogen-bond acceptors (Lipinski definition) is 2. The number of piperidine rings is 1. The number of hydrogen-bond donors (Lipinski definition) is 1. The van der Waals surface area contributed by atoms with Crippen molar-refractivity contribution in [1.29, 1.82) is 0 Å². The number of carbonyl (C=O) groups excluding carboxylic acids is 2. The van der Waals surface area contributed by atoms with Crippen LogP contribution in [0.5, 0.6) is 0 Å². The Hall–Kier alpha value is -0.860. The summed E-state index contributed by atoms with van der Waals surface area (Å²) in [6, 6.07) is 0. The molecular formula is C11H17NO2. The number of ketones is 1. The van der Waals surface area contributed by atoms with E-state index in [1.54, 1.807) is 0 Å². The maximum absolute atomic E-state index is 11.9. The Labute approximate surface area is 84.2 Å². The first-order valence-corrected chi connectivity index (χ1v) is 5.49. The van der Waals surface area contributed by atoms with Crippen molar-refractivity contribution in [2.24, 2.45) is 11.3 Å². The average molecular weight is 195 g/mol. The van der Waals surface area contributed by atoms with Crippen LogP contribution in [0.1, 0.15) is 39.0 Å². The van der Waals surface area contributed by atoms with E-state index in [4.69, 9.17) is 0 Å².